The molecule has 0 amide bonds. The highest BCUT2D eigenvalue weighted by atomic mass is 19.1. The number of ether oxygens (including phenoxy) is 1. The fraction of sp³-hybridized carbons (Fsp3) is 0.615. The van der Waals surface area contributed by atoms with Crippen LogP contribution >= 0.6 is 0 Å². The largest absolute Gasteiger partial charge is 0.425 e. The molecule has 0 rings (SSSR count). The molecule has 16 heavy (non-hydrogen) atoms. The molecule has 0 N–H and O–H groups in total. The third kappa shape index (κ3) is 7.21. The van der Waals surface area contributed by atoms with Crippen LogP contribution in [-0.2, 0) is 9.53 Å². The molecular formula is C13H21FO2. The number of esters is 1. The number of halogens is 1. The van der Waals surface area contributed by atoms with Gasteiger partial charge in [0.05, 0.1) is 0 Å². The van der Waals surface area contributed by atoms with Crippen molar-refractivity contribution in [2.75, 3.05) is 0 Å². The topological polar surface area (TPSA) is 26.3 Å². The van der Waals surface area contributed by atoms with Crippen LogP contribution in [0.4, 0.5) is 4.39 Å². The van der Waals surface area contributed by atoms with E-state index in [0.717, 1.165) is 25.3 Å². The molecule has 0 heterocycles. The first-order chi connectivity index (χ1) is 7.61. The first-order valence-corrected chi connectivity index (χ1v) is 5.79. The first-order valence-electron chi connectivity index (χ1n) is 5.79. The number of unbranched alkanes of at least 4 members (excludes halogenated alkanes) is 4. The summed E-state index contributed by atoms with van der Waals surface area (Å²) in [6.07, 6.45) is 5.40. The van der Waals surface area contributed by atoms with Gasteiger partial charge in [0.15, 0.2) is 6.17 Å². The molecule has 1 atom stereocenters. The fourth-order valence-corrected chi connectivity index (χ4v) is 1.32. The predicted octanol–water partition coefficient (Wildman–Crippen LogP) is 3.93. The summed E-state index contributed by atoms with van der Waals surface area (Å²) in [6.45, 7) is 8.76. The van der Waals surface area contributed by atoms with Crippen molar-refractivity contribution in [2.45, 2.75) is 51.6 Å². The van der Waals surface area contributed by atoms with E-state index in [-0.39, 0.29) is 5.76 Å². The molecule has 0 aliphatic rings. The lowest BCUT2D eigenvalue weighted by Crippen LogP contribution is -2.10. The van der Waals surface area contributed by atoms with E-state index < -0.39 is 12.1 Å². The standard InChI is InChI=1S/C13H21FO2/c1-4-6-7-8-9-10-12(14)11(3)16-13(15)5-2/h5,12H,2-4,6-10H2,1H3. The summed E-state index contributed by atoms with van der Waals surface area (Å²) in [5, 5.41) is 0. The van der Waals surface area contributed by atoms with E-state index in [0.29, 0.717) is 6.42 Å². The van der Waals surface area contributed by atoms with Crippen LogP contribution < -0.4 is 0 Å². The molecule has 0 aliphatic heterocycles. The number of carbonyl (C=O) groups is 1. The molecule has 0 saturated carbocycles. The molecule has 2 nitrogen and oxygen atoms in total. The van der Waals surface area contributed by atoms with Crippen molar-refractivity contribution in [1.82, 2.24) is 0 Å². The Kier molecular flexibility index (Phi) is 8.49. The lowest BCUT2D eigenvalue weighted by atomic mass is 10.1. The summed E-state index contributed by atoms with van der Waals surface area (Å²) in [5.41, 5.74) is 0. The highest BCUT2D eigenvalue weighted by molar-refractivity contribution is 5.82. The number of carbonyl (C=O) groups excluding carboxylic acids is 1. The van der Waals surface area contributed by atoms with E-state index in [1.165, 1.54) is 12.8 Å². The van der Waals surface area contributed by atoms with Gasteiger partial charge in [0.1, 0.15) is 5.76 Å². The van der Waals surface area contributed by atoms with Crippen molar-refractivity contribution in [3.8, 4) is 0 Å². The maximum absolute atomic E-state index is 13.4. The number of alkyl halides is 1. The lowest BCUT2D eigenvalue weighted by Gasteiger charge is -2.10. The molecule has 0 fully saturated rings. The zero-order valence-corrected chi connectivity index (χ0v) is 10.0. The summed E-state index contributed by atoms with van der Waals surface area (Å²) in [7, 11) is 0. The van der Waals surface area contributed by atoms with Crippen molar-refractivity contribution in [2.24, 2.45) is 0 Å². The number of hydrogen-bond donors (Lipinski definition) is 0. The second-order valence-corrected chi connectivity index (χ2v) is 3.76. The van der Waals surface area contributed by atoms with Crippen LogP contribution in [0.3, 0.4) is 0 Å². The maximum Gasteiger partial charge on any atom is 0.335 e. The van der Waals surface area contributed by atoms with E-state index in [9.17, 15) is 9.18 Å². The fourth-order valence-electron chi connectivity index (χ4n) is 1.32. The molecule has 0 radical (unpaired) electrons. The second-order valence-electron chi connectivity index (χ2n) is 3.76. The average molecular weight is 228 g/mol. The van der Waals surface area contributed by atoms with Gasteiger partial charge in [-0.05, 0) is 6.42 Å². The maximum atomic E-state index is 13.4. The lowest BCUT2D eigenvalue weighted by molar-refractivity contribution is -0.134. The molecule has 0 aliphatic carbocycles. The third-order valence-corrected chi connectivity index (χ3v) is 2.31. The molecular weight excluding hydrogens is 207 g/mol. The predicted molar refractivity (Wildman–Crippen MR) is 63.7 cm³/mol. The summed E-state index contributed by atoms with van der Waals surface area (Å²) >= 11 is 0. The molecule has 1 unspecified atom stereocenters. The van der Waals surface area contributed by atoms with Gasteiger partial charge in [-0.15, -0.1) is 0 Å². The van der Waals surface area contributed by atoms with Gasteiger partial charge in [-0.2, -0.15) is 0 Å². The van der Waals surface area contributed by atoms with Crippen LogP contribution in [0.2, 0.25) is 0 Å². The Morgan fingerprint density at radius 3 is 2.56 bits per heavy atom. The van der Waals surface area contributed by atoms with Gasteiger partial charge in [-0.25, -0.2) is 9.18 Å². The Morgan fingerprint density at radius 2 is 2.00 bits per heavy atom. The van der Waals surface area contributed by atoms with Crippen molar-refractivity contribution in [3.63, 3.8) is 0 Å². The van der Waals surface area contributed by atoms with E-state index in [1.54, 1.807) is 0 Å². The van der Waals surface area contributed by atoms with Gasteiger partial charge in [-0.1, -0.05) is 52.2 Å². The van der Waals surface area contributed by atoms with Crippen molar-refractivity contribution >= 4 is 5.97 Å². The zero-order chi connectivity index (χ0) is 12.4. The van der Waals surface area contributed by atoms with Crippen LogP contribution in [0.15, 0.2) is 25.0 Å². The van der Waals surface area contributed by atoms with E-state index in [1.807, 2.05) is 0 Å². The number of rotatable bonds is 9. The molecule has 3 heteroatoms. The Labute approximate surface area is 97.2 Å². The van der Waals surface area contributed by atoms with E-state index in [2.05, 4.69) is 24.8 Å². The van der Waals surface area contributed by atoms with Gasteiger partial charge in [0.2, 0.25) is 0 Å². The molecule has 92 valence electrons. The van der Waals surface area contributed by atoms with Crippen molar-refractivity contribution in [1.29, 1.82) is 0 Å². The monoisotopic (exact) mass is 228 g/mol. The second kappa shape index (κ2) is 9.13. The van der Waals surface area contributed by atoms with Crippen LogP contribution in [0.1, 0.15) is 45.4 Å². The summed E-state index contributed by atoms with van der Waals surface area (Å²) in [6, 6.07) is 0. The van der Waals surface area contributed by atoms with Gasteiger partial charge >= 0.3 is 5.97 Å². The van der Waals surface area contributed by atoms with Crippen LogP contribution in [0.5, 0.6) is 0 Å². The molecule has 0 spiro atoms. The van der Waals surface area contributed by atoms with E-state index in [4.69, 9.17) is 0 Å². The summed E-state index contributed by atoms with van der Waals surface area (Å²) in [5.74, 6) is -0.765. The van der Waals surface area contributed by atoms with Crippen LogP contribution in [0.25, 0.3) is 0 Å². The quantitative estimate of drug-likeness (QED) is 0.259. The summed E-state index contributed by atoms with van der Waals surface area (Å²) in [4.78, 5) is 10.8. The highest BCUT2D eigenvalue weighted by Crippen LogP contribution is 2.15. The summed E-state index contributed by atoms with van der Waals surface area (Å²) < 4.78 is 18.0. The van der Waals surface area contributed by atoms with Crippen molar-refractivity contribution in [3.05, 3.63) is 25.0 Å². The molecule has 0 aromatic carbocycles. The van der Waals surface area contributed by atoms with Gasteiger partial charge in [-0.3, -0.25) is 0 Å². The Morgan fingerprint density at radius 1 is 1.38 bits per heavy atom. The van der Waals surface area contributed by atoms with Gasteiger partial charge in [0, 0.05) is 6.08 Å². The number of allylic oxidation sites excluding steroid dienone is 1. The third-order valence-electron chi connectivity index (χ3n) is 2.31. The van der Waals surface area contributed by atoms with Gasteiger partial charge in [0.25, 0.3) is 0 Å². The average Bonchev–Trinajstić information content (AvgIpc) is 2.28. The highest BCUT2D eigenvalue weighted by Gasteiger charge is 2.14. The van der Waals surface area contributed by atoms with E-state index >= 15 is 0 Å². The smallest absolute Gasteiger partial charge is 0.335 e. The minimum absolute atomic E-state index is 0.111. The SMILES string of the molecule is C=CC(=O)OC(=C)C(F)CCCCCCC. The Balaban J connectivity index is 3.63. The molecule has 0 saturated heterocycles. The molecule has 0 bridgehead atoms. The zero-order valence-electron chi connectivity index (χ0n) is 10.0. The van der Waals surface area contributed by atoms with Gasteiger partial charge < -0.3 is 4.74 Å². The Hall–Kier alpha value is -1.12. The minimum Gasteiger partial charge on any atom is -0.425 e. The molecule has 0 aromatic heterocycles. The first kappa shape index (κ1) is 14.9. The number of hydrogen-bond acceptors (Lipinski definition) is 2. The Bertz CT molecular complexity index is 236. The normalized spacial score (nSPS) is 11.9. The van der Waals surface area contributed by atoms with Crippen LogP contribution in [-0.4, -0.2) is 12.1 Å². The molecule has 0 aromatic rings. The van der Waals surface area contributed by atoms with Crippen molar-refractivity contribution < 1.29 is 13.9 Å². The minimum atomic E-state index is -1.26. The van der Waals surface area contributed by atoms with Crippen LogP contribution in [0, 0.1) is 0 Å².